The van der Waals surface area contributed by atoms with Gasteiger partial charge in [0.15, 0.2) is 5.75 Å². The highest BCUT2D eigenvalue weighted by Crippen LogP contribution is 2.27. The zero-order chi connectivity index (χ0) is 17.1. The Labute approximate surface area is 142 Å². The average Bonchev–Trinajstić information content (AvgIpc) is 2.59. The number of carbonyl (C=O) groups is 1. The van der Waals surface area contributed by atoms with Gasteiger partial charge >= 0.3 is 0 Å². The molecule has 1 radical (unpaired) electrons. The van der Waals surface area contributed by atoms with Gasteiger partial charge in [0.2, 0.25) is 0 Å². The first kappa shape index (κ1) is 15.8. The molecular formula is C18H12ClN2O3. The number of aromatic hydroxyl groups is 1. The van der Waals surface area contributed by atoms with Crippen LogP contribution >= 0.6 is 11.6 Å². The second-order valence-electron chi connectivity index (χ2n) is 5.06. The summed E-state index contributed by atoms with van der Waals surface area (Å²) in [6.45, 7) is 0. The molecular weight excluding hydrogens is 328 g/mol. The van der Waals surface area contributed by atoms with Crippen LogP contribution in [0.3, 0.4) is 0 Å². The summed E-state index contributed by atoms with van der Waals surface area (Å²) in [5.41, 5.74) is 3.38. The Hall–Kier alpha value is -3.05. The fourth-order valence-electron chi connectivity index (χ4n) is 2.28. The number of rotatable bonds is 3. The van der Waals surface area contributed by atoms with Crippen LogP contribution in [0.5, 0.6) is 11.5 Å². The minimum absolute atomic E-state index is 0.0643. The molecule has 0 aromatic heterocycles. The highest BCUT2D eigenvalue weighted by molar-refractivity contribution is 6.32. The highest BCUT2D eigenvalue weighted by atomic mass is 35.5. The number of nitrogens with zero attached hydrogens (tertiary/aromatic N) is 1. The lowest BCUT2D eigenvalue weighted by Crippen LogP contribution is -2.17. The number of hydrogen-bond acceptors (Lipinski definition) is 3. The average molecular weight is 340 g/mol. The summed E-state index contributed by atoms with van der Waals surface area (Å²) in [6.07, 6.45) is 1.47. The van der Waals surface area contributed by atoms with Crippen LogP contribution in [0.15, 0.2) is 59.7 Å². The van der Waals surface area contributed by atoms with Crippen molar-refractivity contribution < 1.29 is 15.0 Å². The van der Waals surface area contributed by atoms with Gasteiger partial charge in [-0.3, -0.25) is 9.90 Å². The SMILES string of the molecule is [O]c1ccc(C=NNC(=O)c2ccc(O)c(Cl)c2)c2ccccc12. The molecule has 3 rings (SSSR count). The number of amides is 1. The van der Waals surface area contributed by atoms with E-state index in [4.69, 9.17) is 11.6 Å². The number of benzene rings is 3. The predicted molar refractivity (Wildman–Crippen MR) is 92.3 cm³/mol. The summed E-state index contributed by atoms with van der Waals surface area (Å²) >= 11 is 5.77. The minimum Gasteiger partial charge on any atom is -0.506 e. The molecule has 0 bridgehead atoms. The standard InChI is InChI=1S/C18H12ClN2O3/c19-15-9-11(5-8-17(15)23)18(24)21-20-10-12-6-7-16(22)14-4-2-1-3-13(12)14/h1-10,23H,(H,21,24). The van der Waals surface area contributed by atoms with Crippen LogP contribution in [-0.2, 0) is 5.11 Å². The first-order valence-corrected chi connectivity index (χ1v) is 7.45. The number of phenolic OH excluding ortho intramolecular Hbond substituents is 1. The third-order valence-electron chi connectivity index (χ3n) is 3.50. The van der Waals surface area contributed by atoms with Crippen LogP contribution in [0, 0.1) is 0 Å². The normalized spacial score (nSPS) is 11.0. The van der Waals surface area contributed by atoms with Crippen LogP contribution in [0.4, 0.5) is 0 Å². The number of hydrazone groups is 1. The van der Waals surface area contributed by atoms with E-state index in [1.54, 1.807) is 18.2 Å². The van der Waals surface area contributed by atoms with E-state index in [2.05, 4.69) is 10.5 Å². The Morgan fingerprint density at radius 2 is 1.83 bits per heavy atom. The van der Waals surface area contributed by atoms with Crippen LogP contribution in [0.2, 0.25) is 5.02 Å². The Morgan fingerprint density at radius 3 is 2.58 bits per heavy atom. The van der Waals surface area contributed by atoms with Crippen molar-refractivity contribution in [1.82, 2.24) is 5.43 Å². The zero-order valence-electron chi connectivity index (χ0n) is 12.4. The van der Waals surface area contributed by atoms with E-state index in [1.807, 2.05) is 12.1 Å². The Bertz CT molecular complexity index is 954. The quantitative estimate of drug-likeness (QED) is 0.556. The van der Waals surface area contributed by atoms with Crippen LogP contribution in [-0.4, -0.2) is 17.2 Å². The van der Waals surface area contributed by atoms with Crippen molar-refractivity contribution in [1.29, 1.82) is 0 Å². The van der Waals surface area contributed by atoms with Crippen molar-refractivity contribution in [3.05, 3.63) is 70.7 Å². The summed E-state index contributed by atoms with van der Waals surface area (Å²) in [4.78, 5) is 12.0. The molecule has 0 aliphatic heterocycles. The molecule has 6 heteroatoms. The molecule has 0 heterocycles. The minimum atomic E-state index is -0.460. The molecule has 5 nitrogen and oxygen atoms in total. The Kier molecular flexibility index (Phi) is 4.35. The van der Waals surface area contributed by atoms with Gasteiger partial charge < -0.3 is 5.11 Å². The van der Waals surface area contributed by atoms with Gasteiger partial charge in [-0.05, 0) is 35.7 Å². The predicted octanol–water partition coefficient (Wildman–Crippen LogP) is 4.11. The Morgan fingerprint density at radius 1 is 1.08 bits per heavy atom. The fraction of sp³-hybridized carbons (Fsp3) is 0. The zero-order valence-corrected chi connectivity index (χ0v) is 13.1. The number of phenols is 1. The molecule has 119 valence electrons. The number of halogens is 1. The van der Waals surface area contributed by atoms with Crippen LogP contribution < -0.4 is 5.43 Å². The van der Waals surface area contributed by atoms with Crippen molar-refractivity contribution in [2.45, 2.75) is 0 Å². The maximum absolute atomic E-state index is 12.0. The summed E-state index contributed by atoms with van der Waals surface area (Å²) in [7, 11) is 0. The molecule has 2 N–H and O–H groups in total. The first-order valence-electron chi connectivity index (χ1n) is 7.07. The molecule has 0 unspecified atom stereocenters. The van der Waals surface area contributed by atoms with E-state index in [1.165, 1.54) is 30.5 Å². The molecule has 0 aliphatic rings. The lowest BCUT2D eigenvalue weighted by Gasteiger charge is -2.04. The van der Waals surface area contributed by atoms with E-state index in [9.17, 15) is 15.0 Å². The van der Waals surface area contributed by atoms with E-state index in [0.717, 1.165) is 5.39 Å². The second-order valence-corrected chi connectivity index (χ2v) is 5.47. The summed E-state index contributed by atoms with van der Waals surface area (Å²) in [5, 5.41) is 26.5. The largest absolute Gasteiger partial charge is 0.506 e. The van der Waals surface area contributed by atoms with Crippen molar-refractivity contribution in [3.8, 4) is 11.5 Å². The third-order valence-corrected chi connectivity index (χ3v) is 3.80. The maximum Gasteiger partial charge on any atom is 0.271 e. The smallest absolute Gasteiger partial charge is 0.271 e. The van der Waals surface area contributed by atoms with Crippen molar-refractivity contribution in [2.24, 2.45) is 5.10 Å². The summed E-state index contributed by atoms with van der Waals surface area (Å²) in [6, 6.07) is 14.4. The number of hydrogen-bond donors (Lipinski definition) is 2. The van der Waals surface area contributed by atoms with Crippen molar-refractivity contribution in [2.75, 3.05) is 0 Å². The molecule has 3 aromatic rings. The van der Waals surface area contributed by atoms with Gasteiger partial charge in [-0.1, -0.05) is 35.9 Å². The third kappa shape index (κ3) is 3.16. The molecule has 0 spiro atoms. The highest BCUT2D eigenvalue weighted by Gasteiger charge is 2.08. The van der Waals surface area contributed by atoms with Gasteiger partial charge in [-0.25, -0.2) is 5.43 Å². The molecule has 0 saturated carbocycles. The Balaban J connectivity index is 1.80. The van der Waals surface area contributed by atoms with Gasteiger partial charge in [0, 0.05) is 16.5 Å². The summed E-state index contributed by atoms with van der Waals surface area (Å²) < 4.78 is 0. The topological polar surface area (TPSA) is 81.6 Å². The fourth-order valence-corrected chi connectivity index (χ4v) is 2.46. The van der Waals surface area contributed by atoms with Crippen molar-refractivity contribution in [3.63, 3.8) is 0 Å². The maximum atomic E-state index is 12.0. The molecule has 1 amide bonds. The molecule has 24 heavy (non-hydrogen) atoms. The van der Waals surface area contributed by atoms with E-state index in [0.29, 0.717) is 10.9 Å². The molecule has 3 aromatic carbocycles. The molecule has 0 atom stereocenters. The van der Waals surface area contributed by atoms with Gasteiger partial charge in [0.05, 0.1) is 11.2 Å². The molecule has 0 saturated heterocycles. The molecule has 0 aliphatic carbocycles. The van der Waals surface area contributed by atoms with Gasteiger partial charge in [-0.2, -0.15) is 5.10 Å². The van der Waals surface area contributed by atoms with Crippen molar-refractivity contribution >= 4 is 34.5 Å². The van der Waals surface area contributed by atoms with Gasteiger partial charge in [0.1, 0.15) is 5.75 Å². The van der Waals surface area contributed by atoms with E-state index in [-0.39, 0.29) is 22.1 Å². The number of carbonyl (C=O) groups excluding carboxylic acids is 1. The lowest BCUT2D eigenvalue weighted by molar-refractivity contribution is 0.0955. The second kappa shape index (κ2) is 6.60. The van der Waals surface area contributed by atoms with Crippen LogP contribution in [0.25, 0.3) is 10.8 Å². The van der Waals surface area contributed by atoms with E-state index >= 15 is 0 Å². The molecule has 0 fully saturated rings. The lowest BCUT2D eigenvalue weighted by atomic mass is 10.0. The van der Waals surface area contributed by atoms with Gasteiger partial charge in [-0.15, -0.1) is 0 Å². The number of fused-ring (bicyclic) bond motifs is 1. The van der Waals surface area contributed by atoms with Crippen LogP contribution in [0.1, 0.15) is 15.9 Å². The van der Waals surface area contributed by atoms with E-state index < -0.39 is 5.91 Å². The monoisotopic (exact) mass is 339 g/mol. The summed E-state index contributed by atoms with van der Waals surface area (Å²) in [5.74, 6) is -0.621. The number of nitrogens with one attached hydrogen (secondary N) is 1. The van der Waals surface area contributed by atoms with Gasteiger partial charge in [0.25, 0.3) is 5.91 Å². The first-order chi connectivity index (χ1) is 11.6.